The SMILES string of the molecule is COC(=O)CCc1cncc(B(O)O)c1. The first-order valence-electron chi connectivity index (χ1n) is 4.50. The number of pyridine rings is 1. The Morgan fingerprint density at radius 1 is 1.53 bits per heavy atom. The van der Waals surface area contributed by atoms with Crippen LogP contribution in [0, 0.1) is 0 Å². The summed E-state index contributed by atoms with van der Waals surface area (Å²) in [5.41, 5.74) is 1.09. The molecular weight excluding hydrogens is 197 g/mol. The molecule has 0 amide bonds. The van der Waals surface area contributed by atoms with Crippen LogP contribution in [-0.2, 0) is 16.0 Å². The number of carbonyl (C=O) groups is 1. The molecule has 0 aromatic carbocycles. The average molecular weight is 209 g/mol. The van der Waals surface area contributed by atoms with Gasteiger partial charge in [-0.15, -0.1) is 0 Å². The minimum Gasteiger partial charge on any atom is -0.469 e. The summed E-state index contributed by atoms with van der Waals surface area (Å²) in [5, 5.41) is 17.8. The van der Waals surface area contributed by atoms with E-state index in [-0.39, 0.29) is 12.4 Å². The number of aromatic nitrogens is 1. The monoisotopic (exact) mass is 209 g/mol. The number of rotatable bonds is 4. The van der Waals surface area contributed by atoms with Gasteiger partial charge in [0.05, 0.1) is 7.11 Å². The average Bonchev–Trinajstić information content (AvgIpc) is 2.26. The van der Waals surface area contributed by atoms with E-state index in [4.69, 9.17) is 10.0 Å². The van der Waals surface area contributed by atoms with Gasteiger partial charge < -0.3 is 14.8 Å². The number of carbonyl (C=O) groups excluding carboxylic acids is 1. The van der Waals surface area contributed by atoms with Crippen LogP contribution in [0.4, 0.5) is 0 Å². The molecule has 0 aliphatic heterocycles. The van der Waals surface area contributed by atoms with E-state index in [1.54, 1.807) is 12.3 Å². The molecule has 0 bridgehead atoms. The molecule has 1 aromatic heterocycles. The zero-order chi connectivity index (χ0) is 11.3. The summed E-state index contributed by atoms with van der Waals surface area (Å²) >= 11 is 0. The largest absolute Gasteiger partial charge is 0.490 e. The highest BCUT2D eigenvalue weighted by Gasteiger charge is 2.11. The third kappa shape index (κ3) is 3.69. The van der Waals surface area contributed by atoms with Gasteiger partial charge in [-0.3, -0.25) is 9.78 Å². The molecule has 0 aliphatic carbocycles. The van der Waals surface area contributed by atoms with Crippen molar-refractivity contribution in [3.63, 3.8) is 0 Å². The van der Waals surface area contributed by atoms with Crippen LogP contribution in [0.2, 0.25) is 0 Å². The maximum atomic E-state index is 10.9. The van der Waals surface area contributed by atoms with Gasteiger partial charge in [-0.2, -0.15) is 0 Å². The van der Waals surface area contributed by atoms with Crippen LogP contribution in [-0.4, -0.2) is 35.2 Å². The second-order valence-electron chi connectivity index (χ2n) is 3.08. The van der Waals surface area contributed by atoms with E-state index < -0.39 is 7.12 Å². The van der Waals surface area contributed by atoms with Crippen LogP contribution in [0.15, 0.2) is 18.5 Å². The molecule has 5 nitrogen and oxygen atoms in total. The van der Waals surface area contributed by atoms with Crippen LogP contribution in [0.3, 0.4) is 0 Å². The fourth-order valence-corrected chi connectivity index (χ4v) is 1.13. The topological polar surface area (TPSA) is 79.7 Å². The first-order valence-corrected chi connectivity index (χ1v) is 4.50. The highest BCUT2D eigenvalue weighted by Crippen LogP contribution is 2.00. The van der Waals surface area contributed by atoms with Gasteiger partial charge in [0.2, 0.25) is 0 Å². The third-order valence-corrected chi connectivity index (χ3v) is 1.96. The van der Waals surface area contributed by atoms with E-state index in [1.165, 1.54) is 13.3 Å². The fraction of sp³-hybridized carbons (Fsp3) is 0.333. The molecule has 1 aromatic rings. The van der Waals surface area contributed by atoms with Crippen molar-refractivity contribution in [1.82, 2.24) is 4.98 Å². The molecule has 0 unspecified atom stereocenters. The van der Waals surface area contributed by atoms with E-state index in [0.717, 1.165) is 5.56 Å². The molecular formula is C9H12BNO4. The Bertz CT molecular complexity index is 343. The van der Waals surface area contributed by atoms with Crippen LogP contribution in [0.5, 0.6) is 0 Å². The second kappa shape index (κ2) is 5.48. The minimum absolute atomic E-state index is 0.253. The highest BCUT2D eigenvalue weighted by molar-refractivity contribution is 6.58. The van der Waals surface area contributed by atoms with Crippen LogP contribution < -0.4 is 5.46 Å². The molecule has 1 heterocycles. The molecule has 0 atom stereocenters. The molecule has 0 saturated heterocycles. The van der Waals surface area contributed by atoms with Crippen molar-refractivity contribution in [2.75, 3.05) is 7.11 Å². The highest BCUT2D eigenvalue weighted by atomic mass is 16.5. The van der Waals surface area contributed by atoms with Crippen molar-refractivity contribution in [3.8, 4) is 0 Å². The van der Waals surface area contributed by atoms with Crippen molar-refractivity contribution in [3.05, 3.63) is 24.0 Å². The number of hydrogen-bond acceptors (Lipinski definition) is 5. The van der Waals surface area contributed by atoms with Crippen molar-refractivity contribution in [2.24, 2.45) is 0 Å². The first-order chi connectivity index (χ1) is 7.13. The van der Waals surface area contributed by atoms with E-state index in [1.807, 2.05) is 0 Å². The lowest BCUT2D eigenvalue weighted by molar-refractivity contribution is -0.140. The van der Waals surface area contributed by atoms with Gasteiger partial charge in [0.15, 0.2) is 0 Å². The number of nitrogens with zero attached hydrogens (tertiary/aromatic N) is 1. The molecule has 2 N–H and O–H groups in total. The zero-order valence-electron chi connectivity index (χ0n) is 8.38. The van der Waals surface area contributed by atoms with E-state index in [0.29, 0.717) is 11.9 Å². The maximum absolute atomic E-state index is 10.9. The molecule has 0 saturated carbocycles. The van der Waals surface area contributed by atoms with Gasteiger partial charge in [-0.05, 0) is 12.0 Å². The molecule has 80 valence electrons. The predicted molar refractivity (Wildman–Crippen MR) is 54.4 cm³/mol. The van der Waals surface area contributed by atoms with E-state index in [9.17, 15) is 4.79 Å². The van der Waals surface area contributed by atoms with Crippen molar-refractivity contribution in [1.29, 1.82) is 0 Å². The second-order valence-corrected chi connectivity index (χ2v) is 3.08. The van der Waals surface area contributed by atoms with Crippen LogP contribution in [0.1, 0.15) is 12.0 Å². The van der Waals surface area contributed by atoms with Gasteiger partial charge >= 0.3 is 13.1 Å². The summed E-state index contributed by atoms with van der Waals surface area (Å²) in [4.78, 5) is 14.7. The molecule has 0 aliphatic rings. The normalized spacial score (nSPS) is 9.80. The van der Waals surface area contributed by atoms with E-state index >= 15 is 0 Å². The summed E-state index contributed by atoms with van der Waals surface area (Å²) in [5.74, 6) is -0.301. The number of aryl methyl sites for hydroxylation is 1. The van der Waals surface area contributed by atoms with Crippen molar-refractivity contribution < 1.29 is 19.6 Å². The number of methoxy groups -OCH3 is 1. The Kier molecular flexibility index (Phi) is 4.26. The Labute approximate surface area is 87.9 Å². The molecule has 1 rings (SSSR count). The number of hydrogen-bond donors (Lipinski definition) is 2. The quantitative estimate of drug-likeness (QED) is 0.484. The van der Waals surface area contributed by atoms with Gasteiger partial charge in [0.1, 0.15) is 0 Å². The summed E-state index contributed by atoms with van der Waals surface area (Å²) < 4.78 is 4.49. The van der Waals surface area contributed by atoms with Crippen molar-refractivity contribution >= 4 is 18.6 Å². The summed E-state index contributed by atoms with van der Waals surface area (Å²) in [7, 11) is -0.204. The molecule has 0 radical (unpaired) electrons. The Hall–Kier alpha value is -1.40. The molecule has 0 spiro atoms. The minimum atomic E-state index is -1.53. The summed E-state index contributed by atoms with van der Waals surface area (Å²) in [6.07, 6.45) is 3.67. The van der Waals surface area contributed by atoms with Gasteiger partial charge in [-0.25, -0.2) is 0 Å². The lowest BCUT2D eigenvalue weighted by atomic mass is 9.81. The Morgan fingerprint density at radius 2 is 2.27 bits per heavy atom. The molecule has 15 heavy (non-hydrogen) atoms. The lowest BCUT2D eigenvalue weighted by Gasteiger charge is -2.03. The number of esters is 1. The van der Waals surface area contributed by atoms with Crippen LogP contribution in [0.25, 0.3) is 0 Å². The summed E-state index contributed by atoms with van der Waals surface area (Å²) in [6.45, 7) is 0. The van der Waals surface area contributed by atoms with E-state index in [2.05, 4.69) is 9.72 Å². The fourth-order valence-electron chi connectivity index (χ4n) is 1.13. The molecule has 6 heteroatoms. The zero-order valence-corrected chi connectivity index (χ0v) is 8.38. The third-order valence-electron chi connectivity index (χ3n) is 1.96. The Morgan fingerprint density at radius 3 is 2.87 bits per heavy atom. The maximum Gasteiger partial charge on any atom is 0.490 e. The lowest BCUT2D eigenvalue weighted by Crippen LogP contribution is -2.30. The first kappa shape index (κ1) is 11.7. The smallest absolute Gasteiger partial charge is 0.469 e. The molecule has 0 fully saturated rings. The standard InChI is InChI=1S/C9H12BNO4/c1-15-9(12)3-2-7-4-8(10(13)14)6-11-5-7/h4-6,13-14H,2-3H2,1H3. The Balaban J connectivity index is 2.61. The van der Waals surface area contributed by atoms with Gasteiger partial charge in [-0.1, -0.05) is 6.07 Å². The predicted octanol–water partition coefficient (Wildman–Crippen LogP) is -1.13. The van der Waals surface area contributed by atoms with Gasteiger partial charge in [0, 0.05) is 24.3 Å². The number of ether oxygens (including phenoxy) is 1. The van der Waals surface area contributed by atoms with Gasteiger partial charge in [0.25, 0.3) is 0 Å². The summed E-state index contributed by atoms with van der Waals surface area (Å²) in [6, 6.07) is 1.60. The van der Waals surface area contributed by atoms with Crippen LogP contribution >= 0.6 is 0 Å². The van der Waals surface area contributed by atoms with Crippen molar-refractivity contribution in [2.45, 2.75) is 12.8 Å².